The van der Waals surface area contributed by atoms with Crippen LogP contribution in [0.4, 0.5) is 0 Å². The second-order valence-corrected chi connectivity index (χ2v) is 4.78. The van der Waals surface area contributed by atoms with Gasteiger partial charge in [-0.2, -0.15) is 0 Å². The van der Waals surface area contributed by atoms with Gasteiger partial charge in [0.05, 0.1) is 23.2 Å². The summed E-state index contributed by atoms with van der Waals surface area (Å²) in [6.45, 7) is 5.46. The molecule has 5 nitrogen and oxygen atoms in total. The van der Waals surface area contributed by atoms with E-state index in [0.29, 0.717) is 13.2 Å². The maximum absolute atomic E-state index is 11.0. The molecule has 0 saturated carbocycles. The van der Waals surface area contributed by atoms with Gasteiger partial charge in [-0.15, -0.1) is 0 Å². The number of imidazole rings is 1. The van der Waals surface area contributed by atoms with Crippen LogP contribution in [0.1, 0.15) is 35.9 Å². The number of ether oxygens (including phenoxy) is 1. The molecule has 0 radical (unpaired) electrons. The summed E-state index contributed by atoms with van der Waals surface area (Å²) in [5.74, 6) is 0.298. The summed E-state index contributed by atoms with van der Waals surface area (Å²) >= 11 is 0. The first-order valence-electron chi connectivity index (χ1n) is 6.27. The normalized spacial score (nSPS) is 11.4. The first kappa shape index (κ1) is 13.5. The van der Waals surface area contributed by atoms with E-state index < -0.39 is 5.97 Å². The lowest BCUT2D eigenvalue weighted by atomic mass is 10.2. The highest BCUT2D eigenvalue weighted by molar-refractivity contribution is 5.92. The molecule has 0 aliphatic carbocycles. The molecule has 1 aromatic carbocycles. The first-order valence-corrected chi connectivity index (χ1v) is 6.27. The van der Waals surface area contributed by atoms with Crippen LogP contribution in [0.15, 0.2) is 18.2 Å². The van der Waals surface area contributed by atoms with Crippen LogP contribution in [0.3, 0.4) is 0 Å². The number of fused-ring (bicyclic) bond motifs is 1. The van der Waals surface area contributed by atoms with E-state index in [-0.39, 0.29) is 11.5 Å². The Bertz CT molecular complexity index is 602. The molecule has 0 aliphatic rings. The number of carbonyl (C=O) groups is 1. The molecule has 0 atom stereocenters. The van der Waals surface area contributed by atoms with Crippen molar-refractivity contribution in [2.45, 2.75) is 26.3 Å². The van der Waals surface area contributed by atoms with Gasteiger partial charge in [0.15, 0.2) is 0 Å². The van der Waals surface area contributed by atoms with Crippen molar-refractivity contribution in [1.82, 2.24) is 9.55 Å². The Morgan fingerprint density at radius 2 is 2.21 bits per heavy atom. The van der Waals surface area contributed by atoms with Crippen molar-refractivity contribution in [2.24, 2.45) is 0 Å². The third-order valence-corrected chi connectivity index (χ3v) is 3.06. The number of hydrogen-bond donors (Lipinski definition) is 1. The van der Waals surface area contributed by atoms with Gasteiger partial charge in [0.2, 0.25) is 0 Å². The van der Waals surface area contributed by atoms with E-state index in [2.05, 4.69) is 23.4 Å². The van der Waals surface area contributed by atoms with Gasteiger partial charge in [-0.25, -0.2) is 9.78 Å². The smallest absolute Gasteiger partial charge is 0.335 e. The monoisotopic (exact) mass is 262 g/mol. The zero-order valence-electron chi connectivity index (χ0n) is 11.4. The van der Waals surface area contributed by atoms with Gasteiger partial charge in [-0.05, 0) is 18.2 Å². The molecule has 5 heteroatoms. The van der Waals surface area contributed by atoms with E-state index >= 15 is 0 Å². The minimum Gasteiger partial charge on any atom is -0.478 e. The Balaban J connectivity index is 2.56. The van der Waals surface area contributed by atoms with Gasteiger partial charge in [-0.1, -0.05) is 13.8 Å². The summed E-state index contributed by atoms with van der Waals surface area (Å²) < 4.78 is 7.21. The van der Waals surface area contributed by atoms with Crippen LogP contribution in [0.2, 0.25) is 0 Å². The summed E-state index contributed by atoms with van der Waals surface area (Å²) in [5, 5.41) is 9.02. The zero-order chi connectivity index (χ0) is 14.0. The molecular formula is C14H18N2O3. The standard InChI is InChI=1S/C14H18N2O3/c1-9(2)13-15-11-8-10(14(17)18)4-5-12(11)16(13)6-7-19-3/h4-5,8-9H,6-7H2,1-3H3,(H,17,18). The van der Waals surface area contributed by atoms with Gasteiger partial charge >= 0.3 is 5.97 Å². The molecule has 1 N–H and O–H groups in total. The van der Waals surface area contributed by atoms with Crippen molar-refractivity contribution in [1.29, 1.82) is 0 Å². The molecule has 0 aliphatic heterocycles. The average molecular weight is 262 g/mol. The number of benzene rings is 1. The van der Waals surface area contributed by atoms with Crippen LogP contribution < -0.4 is 0 Å². The topological polar surface area (TPSA) is 64.4 Å². The summed E-state index contributed by atoms with van der Waals surface area (Å²) in [4.78, 5) is 15.5. The number of methoxy groups -OCH3 is 1. The maximum Gasteiger partial charge on any atom is 0.335 e. The molecule has 2 aromatic rings. The lowest BCUT2D eigenvalue weighted by molar-refractivity contribution is 0.0697. The minimum absolute atomic E-state index is 0.263. The molecule has 0 fully saturated rings. The highest BCUT2D eigenvalue weighted by Crippen LogP contribution is 2.23. The number of aromatic carboxylic acids is 1. The van der Waals surface area contributed by atoms with Crippen molar-refractivity contribution in [3.05, 3.63) is 29.6 Å². The van der Waals surface area contributed by atoms with Crippen LogP contribution in [0.5, 0.6) is 0 Å². The van der Waals surface area contributed by atoms with Crippen LogP contribution in [0, 0.1) is 0 Å². The fourth-order valence-corrected chi connectivity index (χ4v) is 2.14. The van der Waals surface area contributed by atoms with E-state index in [1.54, 1.807) is 19.2 Å². The molecule has 0 unspecified atom stereocenters. The van der Waals surface area contributed by atoms with E-state index in [4.69, 9.17) is 9.84 Å². The largest absolute Gasteiger partial charge is 0.478 e. The van der Waals surface area contributed by atoms with E-state index in [9.17, 15) is 4.79 Å². The van der Waals surface area contributed by atoms with Gasteiger partial charge in [0.1, 0.15) is 5.82 Å². The summed E-state index contributed by atoms with van der Waals surface area (Å²) in [6, 6.07) is 5.04. The van der Waals surface area contributed by atoms with E-state index in [0.717, 1.165) is 16.9 Å². The van der Waals surface area contributed by atoms with E-state index in [1.807, 2.05) is 6.07 Å². The number of rotatable bonds is 5. The Morgan fingerprint density at radius 1 is 1.47 bits per heavy atom. The number of carboxylic acid groups (broad SMARTS) is 1. The van der Waals surface area contributed by atoms with Crippen LogP contribution in [-0.4, -0.2) is 34.3 Å². The zero-order valence-corrected chi connectivity index (χ0v) is 11.4. The molecule has 0 saturated heterocycles. The summed E-state index contributed by atoms with van der Waals surface area (Å²) in [5.41, 5.74) is 1.93. The Hall–Kier alpha value is -1.88. The number of carboxylic acids is 1. The third kappa shape index (κ3) is 2.61. The molecule has 0 spiro atoms. The lowest BCUT2D eigenvalue weighted by Gasteiger charge is -2.10. The number of hydrogen-bond acceptors (Lipinski definition) is 3. The number of nitrogens with zero attached hydrogens (tertiary/aromatic N) is 2. The quantitative estimate of drug-likeness (QED) is 0.899. The molecule has 1 heterocycles. The van der Waals surface area contributed by atoms with Gasteiger partial charge in [-0.3, -0.25) is 0 Å². The predicted molar refractivity (Wildman–Crippen MR) is 72.7 cm³/mol. The molecule has 0 bridgehead atoms. The maximum atomic E-state index is 11.0. The van der Waals surface area contributed by atoms with Crippen molar-refractivity contribution in [2.75, 3.05) is 13.7 Å². The predicted octanol–water partition coefficient (Wildman–Crippen LogP) is 2.50. The SMILES string of the molecule is COCCn1c(C(C)C)nc2cc(C(=O)O)ccc21. The molecule has 102 valence electrons. The average Bonchev–Trinajstić information content (AvgIpc) is 2.74. The summed E-state index contributed by atoms with van der Waals surface area (Å²) in [7, 11) is 1.66. The first-order chi connectivity index (χ1) is 9.04. The van der Waals surface area contributed by atoms with Gasteiger partial charge < -0.3 is 14.4 Å². The van der Waals surface area contributed by atoms with E-state index in [1.165, 1.54) is 0 Å². The second kappa shape index (κ2) is 5.40. The van der Waals surface area contributed by atoms with Crippen molar-refractivity contribution in [3.8, 4) is 0 Å². The molecular weight excluding hydrogens is 244 g/mol. The Kier molecular flexibility index (Phi) is 3.85. The Morgan fingerprint density at radius 3 is 2.79 bits per heavy atom. The minimum atomic E-state index is -0.931. The number of aromatic nitrogens is 2. The highest BCUT2D eigenvalue weighted by Gasteiger charge is 2.15. The molecule has 2 rings (SSSR count). The van der Waals surface area contributed by atoms with Crippen molar-refractivity contribution < 1.29 is 14.6 Å². The van der Waals surface area contributed by atoms with Gasteiger partial charge in [0, 0.05) is 19.6 Å². The van der Waals surface area contributed by atoms with Crippen LogP contribution in [-0.2, 0) is 11.3 Å². The molecule has 1 aromatic heterocycles. The van der Waals surface area contributed by atoms with Gasteiger partial charge in [0.25, 0.3) is 0 Å². The highest BCUT2D eigenvalue weighted by atomic mass is 16.5. The van der Waals surface area contributed by atoms with Crippen LogP contribution >= 0.6 is 0 Å². The Labute approximate surface area is 111 Å². The molecule has 19 heavy (non-hydrogen) atoms. The van der Waals surface area contributed by atoms with Crippen molar-refractivity contribution >= 4 is 17.0 Å². The fraction of sp³-hybridized carbons (Fsp3) is 0.429. The summed E-state index contributed by atoms with van der Waals surface area (Å²) in [6.07, 6.45) is 0. The van der Waals surface area contributed by atoms with Crippen LogP contribution in [0.25, 0.3) is 11.0 Å². The third-order valence-electron chi connectivity index (χ3n) is 3.06. The van der Waals surface area contributed by atoms with Crippen molar-refractivity contribution in [3.63, 3.8) is 0 Å². The fourth-order valence-electron chi connectivity index (χ4n) is 2.14. The molecule has 0 amide bonds. The lowest BCUT2D eigenvalue weighted by Crippen LogP contribution is -2.09. The second-order valence-electron chi connectivity index (χ2n) is 4.78.